The number of allylic oxidation sites excluding steroid dienone is 2. The molecule has 0 aliphatic heterocycles. The van der Waals surface area contributed by atoms with Crippen LogP contribution in [0, 0.1) is 56.2 Å². The summed E-state index contributed by atoms with van der Waals surface area (Å²) in [6, 6.07) is -0.568. The molecule has 0 aromatic rings. The number of fused-ring (bicyclic) bond motifs is 7. The van der Waals surface area contributed by atoms with Crippen molar-refractivity contribution in [2.75, 3.05) is 6.54 Å². The van der Waals surface area contributed by atoms with Crippen LogP contribution in [0.15, 0.2) is 11.6 Å². The summed E-state index contributed by atoms with van der Waals surface area (Å²) >= 11 is 0. The molecule has 55 heavy (non-hydrogen) atoms. The number of hydrogen-bond acceptors (Lipinski definition) is 6. The zero-order valence-electron chi connectivity index (χ0n) is 35.8. The highest BCUT2D eigenvalue weighted by molar-refractivity contribution is 5.95. The highest BCUT2D eigenvalue weighted by Crippen LogP contribution is 2.75. The molecular weight excluding hydrogens is 693 g/mol. The first-order chi connectivity index (χ1) is 25.5. The number of ketones is 1. The zero-order chi connectivity index (χ0) is 40.8. The Labute approximate surface area is 332 Å². The normalized spacial score (nSPS) is 39.1. The van der Waals surface area contributed by atoms with E-state index in [-0.39, 0.29) is 62.7 Å². The number of aliphatic hydroxyl groups is 2. The molecule has 0 heterocycles. The van der Waals surface area contributed by atoms with Crippen LogP contribution in [0.1, 0.15) is 171 Å². The Morgan fingerprint density at radius 2 is 1.53 bits per heavy atom. The van der Waals surface area contributed by atoms with E-state index in [9.17, 15) is 29.4 Å². The number of unbranched alkanes of at least 4 members (excludes halogenated alkanes) is 4. The number of carbonyl (C=O) groups is 4. The standard InChI is InChI=1S/C46H76N2O7/c1-29(2)25-32(33(49)27-38(53)54)48-37(52)15-13-11-10-12-14-24-47-40(55)43(6)21-20-42(5)22-23-45(8)30(31(42)28-43)26-34(50)39-44(7)18-17-36(51)41(3,4)35(44)16-19-46(39,45)9/h26,29,31-33,35-36,39,49,51H,10-25,27-28H2,1-9H3,(H,47,55)(H,48,52)(H,53,54)/t31-,32-,33+,35-,36-,39+,42+,43-,44-,45+,46+/m0/s1. The maximum Gasteiger partial charge on any atom is 0.306 e. The number of carbonyl (C=O) groups excluding carboxylic acids is 3. The first kappa shape index (κ1) is 43.9. The molecule has 4 saturated carbocycles. The van der Waals surface area contributed by atoms with Crippen LogP contribution in [0.25, 0.3) is 0 Å². The SMILES string of the molecule is CC(C)C[C@H](NC(=O)CCCCCCCNC(=O)[C@@]1(C)CC[C@]2(C)CC[C@]3(C)C(=CC(=O)[C@@H]4[C@@]5(C)CC[C@H](O)C(C)(C)[C@@H]5CC[C@]43C)[C@@H]2C1)[C@H](O)CC(=O)O. The molecule has 9 heteroatoms. The monoisotopic (exact) mass is 769 g/mol. The van der Waals surface area contributed by atoms with Crippen LogP contribution in [-0.4, -0.2) is 63.7 Å². The molecule has 0 unspecified atom stereocenters. The van der Waals surface area contributed by atoms with Gasteiger partial charge in [0.05, 0.1) is 24.7 Å². The van der Waals surface area contributed by atoms with Crippen LogP contribution in [0.4, 0.5) is 0 Å². The number of rotatable bonds is 15. The van der Waals surface area contributed by atoms with E-state index in [2.05, 4.69) is 65.2 Å². The molecule has 11 atom stereocenters. The Hall–Kier alpha value is -2.26. The maximum absolute atomic E-state index is 14.6. The van der Waals surface area contributed by atoms with Crippen LogP contribution in [-0.2, 0) is 19.2 Å². The van der Waals surface area contributed by atoms with Crippen molar-refractivity contribution >= 4 is 23.6 Å². The molecule has 312 valence electrons. The number of nitrogens with one attached hydrogen (secondary N) is 2. The van der Waals surface area contributed by atoms with Crippen molar-refractivity contribution in [1.29, 1.82) is 0 Å². The van der Waals surface area contributed by atoms with E-state index in [1.165, 1.54) is 5.57 Å². The third-order valence-corrected chi connectivity index (χ3v) is 16.9. The molecule has 0 saturated heterocycles. The van der Waals surface area contributed by atoms with E-state index in [0.717, 1.165) is 89.9 Å². The third kappa shape index (κ3) is 8.23. The van der Waals surface area contributed by atoms with E-state index >= 15 is 0 Å². The number of carboxylic acids is 1. The zero-order valence-corrected chi connectivity index (χ0v) is 35.8. The summed E-state index contributed by atoms with van der Waals surface area (Å²) in [7, 11) is 0. The highest BCUT2D eigenvalue weighted by Gasteiger charge is 2.70. The largest absolute Gasteiger partial charge is 0.481 e. The lowest BCUT2D eigenvalue weighted by molar-refractivity contribution is -0.202. The summed E-state index contributed by atoms with van der Waals surface area (Å²) in [5.41, 5.74) is 0.308. The molecule has 5 N–H and O–H groups in total. The summed E-state index contributed by atoms with van der Waals surface area (Å²) in [4.78, 5) is 52.2. The lowest BCUT2D eigenvalue weighted by atomic mass is 9.33. The summed E-state index contributed by atoms with van der Waals surface area (Å²) in [6.45, 7) is 20.8. The van der Waals surface area contributed by atoms with Gasteiger partial charge in [-0.3, -0.25) is 19.2 Å². The van der Waals surface area contributed by atoms with E-state index in [4.69, 9.17) is 5.11 Å². The Bertz CT molecular complexity index is 1490. The van der Waals surface area contributed by atoms with Gasteiger partial charge in [-0.05, 0) is 128 Å². The summed E-state index contributed by atoms with van der Waals surface area (Å²) in [6.07, 6.45) is 14.0. The van der Waals surface area contributed by atoms with Crippen molar-refractivity contribution in [1.82, 2.24) is 10.6 Å². The molecule has 0 aromatic carbocycles. The fourth-order valence-electron chi connectivity index (χ4n) is 13.2. The fraction of sp³-hybridized carbons (Fsp3) is 0.870. The van der Waals surface area contributed by atoms with Crippen molar-refractivity contribution in [3.8, 4) is 0 Å². The smallest absolute Gasteiger partial charge is 0.306 e. The number of aliphatic carboxylic acids is 1. The Morgan fingerprint density at radius 3 is 2.20 bits per heavy atom. The van der Waals surface area contributed by atoms with Crippen molar-refractivity contribution < 1.29 is 34.5 Å². The number of carboxylic acid groups (broad SMARTS) is 1. The molecular formula is C46H76N2O7. The third-order valence-electron chi connectivity index (χ3n) is 16.9. The predicted octanol–water partition coefficient (Wildman–Crippen LogP) is 8.15. The minimum Gasteiger partial charge on any atom is -0.481 e. The average Bonchev–Trinajstić information content (AvgIpc) is 3.08. The lowest BCUT2D eigenvalue weighted by Crippen LogP contribution is -2.66. The molecule has 2 amide bonds. The van der Waals surface area contributed by atoms with Gasteiger partial charge >= 0.3 is 5.97 Å². The second-order valence-corrected chi connectivity index (χ2v) is 21.4. The molecule has 9 nitrogen and oxygen atoms in total. The predicted molar refractivity (Wildman–Crippen MR) is 216 cm³/mol. The number of aliphatic hydroxyl groups excluding tert-OH is 2. The summed E-state index contributed by atoms with van der Waals surface area (Å²) in [5, 5.41) is 36.5. The van der Waals surface area contributed by atoms with Gasteiger partial charge in [0, 0.05) is 24.3 Å². The molecule has 0 spiro atoms. The van der Waals surface area contributed by atoms with Gasteiger partial charge in [-0.1, -0.05) is 87.1 Å². The maximum atomic E-state index is 14.6. The Morgan fingerprint density at radius 1 is 0.873 bits per heavy atom. The first-order valence-electron chi connectivity index (χ1n) is 22.0. The second kappa shape index (κ2) is 16.2. The molecule has 5 rings (SSSR count). The number of hydrogen-bond donors (Lipinski definition) is 5. The second-order valence-electron chi connectivity index (χ2n) is 21.4. The van der Waals surface area contributed by atoms with Gasteiger partial charge < -0.3 is 26.0 Å². The fourth-order valence-corrected chi connectivity index (χ4v) is 13.2. The number of amides is 2. The van der Waals surface area contributed by atoms with Crippen LogP contribution in [0.3, 0.4) is 0 Å². The van der Waals surface area contributed by atoms with Gasteiger partial charge in [-0.25, -0.2) is 0 Å². The average molecular weight is 769 g/mol. The van der Waals surface area contributed by atoms with Gasteiger partial charge in [-0.15, -0.1) is 0 Å². The molecule has 0 bridgehead atoms. The van der Waals surface area contributed by atoms with Crippen LogP contribution in [0.2, 0.25) is 0 Å². The quantitative estimate of drug-likeness (QED) is 0.105. The van der Waals surface area contributed by atoms with Crippen molar-refractivity contribution in [2.45, 2.75) is 190 Å². The minimum absolute atomic E-state index is 0.0504. The summed E-state index contributed by atoms with van der Waals surface area (Å²) in [5.74, 6) is -0.145. The molecule has 5 aliphatic rings. The van der Waals surface area contributed by atoms with E-state index in [1.54, 1.807) is 0 Å². The summed E-state index contributed by atoms with van der Waals surface area (Å²) < 4.78 is 0. The van der Waals surface area contributed by atoms with Gasteiger partial charge in [0.2, 0.25) is 11.8 Å². The molecule has 0 radical (unpaired) electrons. The van der Waals surface area contributed by atoms with Crippen molar-refractivity contribution in [3.05, 3.63) is 11.6 Å². The van der Waals surface area contributed by atoms with Gasteiger partial charge in [0.1, 0.15) is 0 Å². The van der Waals surface area contributed by atoms with E-state index in [1.807, 2.05) is 13.8 Å². The van der Waals surface area contributed by atoms with Crippen LogP contribution < -0.4 is 10.6 Å². The van der Waals surface area contributed by atoms with E-state index in [0.29, 0.717) is 31.1 Å². The minimum atomic E-state index is -1.11. The Kier molecular flexibility index (Phi) is 12.9. The van der Waals surface area contributed by atoms with Gasteiger partial charge in [-0.2, -0.15) is 0 Å². The van der Waals surface area contributed by atoms with Gasteiger partial charge in [0.25, 0.3) is 0 Å². The molecule has 4 fully saturated rings. The van der Waals surface area contributed by atoms with E-state index < -0.39 is 30.0 Å². The van der Waals surface area contributed by atoms with Gasteiger partial charge in [0.15, 0.2) is 5.78 Å². The molecule has 0 aromatic heterocycles. The van der Waals surface area contributed by atoms with Crippen molar-refractivity contribution in [2.24, 2.45) is 56.2 Å². The first-order valence-corrected chi connectivity index (χ1v) is 22.0. The van der Waals surface area contributed by atoms with Crippen LogP contribution in [0.5, 0.6) is 0 Å². The topological polar surface area (TPSA) is 153 Å². The van der Waals surface area contributed by atoms with Crippen LogP contribution >= 0.6 is 0 Å². The highest BCUT2D eigenvalue weighted by atomic mass is 16.4. The lowest BCUT2D eigenvalue weighted by Gasteiger charge is -2.70. The molecule has 5 aliphatic carbocycles. The van der Waals surface area contributed by atoms with Crippen molar-refractivity contribution in [3.63, 3.8) is 0 Å². The Balaban J connectivity index is 1.14.